The van der Waals surface area contributed by atoms with E-state index in [4.69, 9.17) is 4.42 Å². The topological polar surface area (TPSA) is 47.6 Å². The Morgan fingerprint density at radius 2 is 0.476 bits per heavy atom. The van der Waals surface area contributed by atoms with Gasteiger partial charge in [0.2, 0.25) is 5.71 Å². The van der Waals surface area contributed by atoms with Gasteiger partial charge in [0, 0.05) is 121 Å². The molecule has 0 amide bonds. The van der Waals surface area contributed by atoms with Crippen LogP contribution in [0.3, 0.4) is 0 Å². The second-order valence-electron chi connectivity index (χ2n) is 32.3. The quantitative estimate of drug-likeness (QED) is 0.142. The first-order chi connectivity index (χ1) is 61.5. The van der Waals surface area contributed by atoms with Crippen molar-refractivity contribution < 1.29 is 4.42 Å². The smallest absolute Gasteiger partial charge is 0.213 e. The normalized spacial score (nSPS) is 11.9. The van der Waals surface area contributed by atoms with Gasteiger partial charge in [-0.05, 0) is 215 Å². The lowest BCUT2D eigenvalue weighted by Gasteiger charge is -2.10. The highest BCUT2D eigenvalue weighted by Crippen LogP contribution is 2.48. The maximum absolute atomic E-state index is 6.48. The molecule has 0 atom stereocenters. The Kier molecular flexibility index (Phi) is 16.3. The van der Waals surface area contributed by atoms with Crippen LogP contribution < -0.4 is 0 Å². The van der Waals surface area contributed by atoms with Crippen molar-refractivity contribution in [2.24, 2.45) is 7.05 Å². The molecule has 0 aliphatic heterocycles. The van der Waals surface area contributed by atoms with Crippen LogP contribution in [0.1, 0.15) is 0 Å². The number of benzene rings is 18. The van der Waals surface area contributed by atoms with Crippen molar-refractivity contribution in [3.05, 3.63) is 437 Å². The van der Waals surface area contributed by atoms with Crippen molar-refractivity contribution in [2.75, 3.05) is 0 Å². The average Bonchev–Trinajstić information content (AvgIpc) is 1.56. The molecule has 0 aliphatic rings. The van der Waals surface area contributed by atoms with E-state index < -0.39 is 0 Å². The Hall–Kier alpha value is -16.2. The fraction of sp³-hybridized carbons (Fsp3) is 0.00870. The molecule has 9 aromatic heterocycles. The molecule has 0 saturated heterocycles. The van der Waals surface area contributed by atoms with E-state index in [0.717, 1.165) is 33.3 Å². The van der Waals surface area contributed by atoms with Gasteiger partial charge >= 0.3 is 0 Å². The van der Waals surface area contributed by atoms with Crippen LogP contribution >= 0.6 is 11.3 Å². The highest BCUT2D eigenvalue weighted by molar-refractivity contribution is 7.25. The van der Waals surface area contributed by atoms with Gasteiger partial charge in [0.25, 0.3) is 0 Å². The zero-order chi connectivity index (χ0) is 81.6. The van der Waals surface area contributed by atoms with Crippen molar-refractivity contribution >= 4 is 174 Å². The van der Waals surface area contributed by atoms with Crippen LogP contribution in [0, 0.1) is 0 Å². The van der Waals surface area contributed by atoms with Crippen LogP contribution in [0.4, 0.5) is 0 Å². The molecule has 8 nitrogen and oxygen atoms in total. The third-order valence-electron chi connectivity index (χ3n) is 25.5. The van der Waals surface area contributed by atoms with Crippen molar-refractivity contribution in [3.63, 3.8) is 0 Å². The van der Waals surface area contributed by atoms with Gasteiger partial charge in [0.1, 0.15) is 16.1 Å². The first-order valence-electron chi connectivity index (χ1n) is 42.3. The van der Waals surface area contributed by atoms with E-state index in [2.05, 4.69) is 464 Å². The van der Waals surface area contributed by atoms with E-state index in [0.29, 0.717) is 0 Å². The second-order valence-corrected chi connectivity index (χ2v) is 33.3. The molecule has 0 spiro atoms. The molecule has 9 heteroatoms. The number of furan rings is 1. The molecule has 18 aromatic carbocycles. The highest BCUT2D eigenvalue weighted by atomic mass is 32.1. The molecule has 0 saturated carbocycles. The molecule has 0 N–H and O–H groups in total. The van der Waals surface area contributed by atoms with Crippen LogP contribution in [-0.2, 0) is 7.05 Å². The van der Waals surface area contributed by atoms with Gasteiger partial charge < -0.3 is 27.3 Å². The Labute approximate surface area is 716 Å². The summed E-state index contributed by atoms with van der Waals surface area (Å²) < 4.78 is 24.3. The van der Waals surface area contributed by atoms with Crippen molar-refractivity contribution in [3.8, 4) is 67.5 Å². The summed E-state index contributed by atoms with van der Waals surface area (Å²) in [5, 5.41) is 18.9. The minimum atomic E-state index is 0.880. The van der Waals surface area contributed by atoms with Gasteiger partial charge in [-0.1, -0.05) is 255 Å². The molecular formula is C115H75N7OS. The van der Waals surface area contributed by atoms with Crippen molar-refractivity contribution in [1.82, 2.24) is 32.0 Å². The van der Waals surface area contributed by atoms with Gasteiger partial charge in [0.05, 0.1) is 60.6 Å². The van der Waals surface area contributed by atoms with E-state index in [9.17, 15) is 0 Å². The van der Waals surface area contributed by atoms with Crippen LogP contribution in [0.5, 0.6) is 0 Å². The minimum absolute atomic E-state index is 0.880. The lowest BCUT2D eigenvalue weighted by molar-refractivity contribution is 0.645. The number of hydrogen-bond acceptors (Lipinski definition) is 2. The first-order valence-corrected chi connectivity index (χ1v) is 43.2. The van der Waals surface area contributed by atoms with Gasteiger partial charge in [0.15, 0.2) is 0 Å². The molecule has 0 radical (unpaired) electrons. The number of rotatable bonds is 9. The van der Waals surface area contributed by atoms with E-state index in [1.807, 2.05) is 23.5 Å². The number of thiophene rings is 1. The predicted molar refractivity (Wildman–Crippen MR) is 523 cm³/mol. The molecule has 27 rings (SSSR count). The van der Waals surface area contributed by atoms with E-state index >= 15 is 0 Å². The van der Waals surface area contributed by atoms with Gasteiger partial charge in [-0.2, -0.15) is 0 Å². The van der Waals surface area contributed by atoms with Crippen LogP contribution in [0.15, 0.2) is 441 Å². The molecule has 0 aliphatic carbocycles. The summed E-state index contributed by atoms with van der Waals surface area (Å²) in [6.45, 7) is 0. The monoisotopic (exact) mass is 1600 g/mol. The molecule has 27 aromatic rings. The zero-order valence-electron chi connectivity index (χ0n) is 67.5. The van der Waals surface area contributed by atoms with E-state index in [-0.39, 0.29) is 0 Å². The lowest BCUT2D eigenvalue weighted by atomic mass is 10.0. The standard InChI is InChI=1S/C39H27N3.C38H24N2O.C38H24N2S/c1-40-34-18-10-9-17-31(34)38-33-25-27(21-23-37(33)42(39(38)40)29-14-6-3-7-15-29)26-20-22-36-32(24-26)30-16-8-11-19-35(30)41(36)28-12-4-2-5-13-28;2*1-3-11-27(12-4-1)39-33-17-9-7-15-29(33)31-23-25(19-21-34(31)39)26-20-22-35-32(24-26)37-30-16-8-10-18-36(30)41-38(37)40(35)28-13-5-2-6-14-28/h2-25H,1H3;2*1-24H. The van der Waals surface area contributed by atoms with Crippen LogP contribution in [0.25, 0.3) is 230 Å². The molecule has 124 heavy (non-hydrogen) atoms. The Bertz CT molecular complexity index is 8580. The summed E-state index contributed by atoms with van der Waals surface area (Å²) in [7, 11) is 2.18. The molecule has 9 heterocycles. The maximum Gasteiger partial charge on any atom is 0.213 e. The highest BCUT2D eigenvalue weighted by Gasteiger charge is 2.26. The first kappa shape index (κ1) is 70.8. The second kappa shape index (κ2) is 28.5. The third kappa shape index (κ3) is 11.1. The van der Waals surface area contributed by atoms with Gasteiger partial charge in [-0.25, -0.2) is 0 Å². The lowest BCUT2D eigenvalue weighted by Crippen LogP contribution is -1.98. The van der Waals surface area contributed by atoms with E-state index in [1.165, 1.54) is 197 Å². The van der Waals surface area contributed by atoms with Crippen molar-refractivity contribution in [2.45, 2.75) is 0 Å². The molecular weight excluding hydrogens is 1530 g/mol. The summed E-state index contributed by atoms with van der Waals surface area (Å²) in [6.07, 6.45) is 0. The summed E-state index contributed by atoms with van der Waals surface area (Å²) in [4.78, 5) is 1.30. The van der Waals surface area contributed by atoms with Crippen LogP contribution in [0.2, 0.25) is 0 Å². The third-order valence-corrected chi connectivity index (χ3v) is 26.6. The van der Waals surface area contributed by atoms with Gasteiger partial charge in [-0.3, -0.25) is 9.13 Å². The van der Waals surface area contributed by atoms with Crippen molar-refractivity contribution in [1.29, 1.82) is 0 Å². The summed E-state index contributed by atoms with van der Waals surface area (Å²) in [5.41, 5.74) is 29.5. The Morgan fingerprint density at radius 3 is 0.903 bits per heavy atom. The number of aryl methyl sites for hydroxylation is 1. The zero-order valence-corrected chi connectivity index (χ0v) is 68.3. The van der Waals surface area contributed by atoms with Crippen LogP contribution in [-0.4, -0.2) is 32.0 Å². The summed E-state index contributed by atoms with van der Waals surface area (Å²) in [5.74, 6) is 0. The number of aromatic nitrogens is 7. The number of para-hydroxylation sites is 11. The maximum atomic E-state index is 6.48. The summed E-state index contributed by atoms with van der Waals surface area (Å²) >= 11 is 1.87. The predicted octanol–water partition coefficient (Wildman–Crippen LogP) is 31.1. The van der Waals surface area contributed by atoms with Gasteiger partial charge in [-0.15, -0.1) is 11.3 Å². The number of nitrogens with zero attached hydrogens (tertiary/aromatic N) is 7. The summed E-state index contributed by atoms with van der Waals surface area (Å²) in [6, 6.07) is 157. The average molecular weight is 1600 g/mol. The minimum Gasteiger partial charge on any atom is -0.439 e. The molecule has 0 bridgehead atoms. The Balaban J connectivity index is 0.000000102. The Morgan fingerprint density at radius 1 is 0.194 bits per heavy atom. The fourth-order valence-electron chi connectivity index (χ4n) is 20.0. The molecule has 0 fully saturated rings. The number of fused-ring (bicyclic) bond motifs is 24. The molecule has 582 valence electrons. The fourth-order valence-corrected chi connectivity index (χ4v) is 21.3. The SMILES string of the molecule is Cn1c2ccccc2c2c3cc(-c4ccc5c(c4)c4ccccc4n5-c4ccccc4)ccc3n(-c3ccccc3)c21.c1ccc(-n2c3ccccc3c3cc(-c4ccc5c(c4)c4c6ccccc6oc4n5-c4ccccc4)ccc32)cc1.c1ccc(-n2c3ccccc3c3cc(-c4ccc5c(c4)c4c6ccccc6sc4n5-c4ccccc4)ccc32)cc1. The molecule has 0 unspecified atom stereocenters. The van der Waals surface area contributed by atoms with E-state index in [1.54, 1.807) is 0 Å². The number of hydrogen-bond donors (Lipinski definition) is 0. The largest absolute Gasteiger partial charge is 0.439 e.